The molecule has 20 heavy (non-hydrogen) atoms. The van der Waals surface area contributed by atoms with E-state index in [1.807, 2.05) is 0 Å². The number of ether oxygens (including phenoxy) is 1. The Hall–Kier alpha value is -2.31. The lowest BCUT2D eigenvalue weighted by Gasteiger charge is -2.11. The van der Waals surface area contributed by atoms with Crippen LogP contribution in [-0.2, 0) is 0 Å². The Balaban J connectivity index is 2.14. The molecule has 0 saturated carbocycles. The number of carbonyl (C=O) groups is 1. The first-order valence-electron chi connectivity index (χ1n) is 5.76. The summed E-state index contributed by atoms with van der Waals surface area (Å²) in [6.45, 7) is 1.56. The fraction of sp³-hybridized carbons (Fsp3) is 0.231. The van der Waals surface area contributed by atoms with Gasteiger partial charge in [-0.25, -0.2) is 0 Å². The molecule has 106 valence electrons. The van der Waals surface area contributed by atoms with Crippen LogP contribution < -0.4 is 4.74 Å². The predicted octanol–water partition coefficient (Wildman–Crippen LogP) is 3.23. The number of ketones is 1. The van der Waals surface area contributed by atoms with Crippen molar-refractivity contribution in [1.29, 1.82) is 0 Å². The van der Waals surface area contributed by atoms with Gasteiger partial charge in [0.1, 0.15) is 6.04 Å². The van der Waals surface area contributed by atoms with Crippen molar-refractivity contribution < 1.29 is 22.7 Å². The molecule has 4 nitrogen and oxygen atoms in total. The Morgan fingerprint density at radius 3 is 2.55 bits per heavy atom. The van der Waals surface area contributed by atoms with Crippen molar-refractivity contribution in [3.05, 3.63) is 48.3 Å². The van der Waals surface area contributed by atoms with Gasteiger partial charge in [-0.2, -0.15) is 5.10 Å². The van der Waals surface area contributed by atoms with E-state index in [9.17, 15) is 18.0 Å². The van der Waals surface area contributed by atoms with E-state index < -0.39 is 18.2 Å². The second-order valence-electron chi connectivity index (χ2n) is 4.11. The number of aromatic nitrogens is 2. The molecule has 0 radical (unpaired) electrons. The van der Waals surface area contributed by atoms with Gasteiger partial charge in [-0.1, -0.05) is 30.3 Å². The largest absolute Gasteiger partial charge is 0.573 e. The molecule has 1 unspecified atom stereocenters. The highest BCUT2D eigenvalue weighted by molar-refractivity contribution is 5.98. The zero-order chi connectivity index (χ0) is 14.8. The maximum atomic E-state index is 12.1. The van der Waals surface area contributed by atoms with Crippen LogP contribution in [0.3, 0.4) is 0 Å². The zero-order valence-corrected chi connectivity index (χ0v) is 10.5. The SMILES string of the molecule is CC(C(=O)c1ccccc1)n1cc(OC(F)(F)F)cn1. The molecule has 0 bridgehead atoms. The maximum absolute atomic E-state index is 12.1. The van der Waals surface area contributed by atoms with Crippen molar-refractivity contribution in [3.63, 3.8) is 0 Å². The first-order chi connectivity index (χ1) is 9.37. The number of Topliss-reactive ketones (excluding diaryl/α,β-unsaturated/α-hetero) is 1. The van der Waals surface area contributed by atoms with Gasteiger partial charge in [-0.15, -0.1) is 13.2 Å². The summed E-state index contributed by atoms with van der Waals surface area (Å²) < 4.78 is 41.0. The van der Waals surface area contributed by atoms with Crippen LogP contribution in [0, 0.1) is 0 Å². The molecule has 2 aromatic rings. The fourth-order valence-corrected chi connectivity index (χ4v) is 1.68. The zero-order valence-electron chi connectivity index (χ0n) is 10.5. The highest BCUT2D eigenvalue weighted by Gasteiger charge is 2.32. The fourth-order valence-electron chi connectivity index (χ4n) is 1.68. The first kappa shape index (κ1) is 14.1. The molecule has 7 heteroatoms. The minimum atomic E-state index is -4.78. The number of alkyl halides is 3. The molecule has 1 atom stereocenters. The van der Waals surface area contributed by atoms with Crippen LogP contribution in [0.15, 0.2) is 42.7 Å². The second-order valence-corrected chi connectivity index (χ2v) is 4.11. The quantitative estimate of drug-likeness (QED) is 0.810. The Kier molecular flexibility index (Phi) is 3.78. The van der Waals surface area contributed by atoms with Gasteiger partial charge in [0.25, 0.3) is 0 Å². The summed E-state index contributed by atoms with van der Waals surface area (Å²) in [7, 11) is 0. The van der Waals surface area contributed by atoms with E-state index in [-0.39, 0.29) is 5.78 Å². The summed E-state index contributed by atoms with van der Waals surface area (Å²) in [5, 5.41) is 3.72. The van der Waals surface area contributed by atoms with Crippen LogP contribution in [-0.4, -0.2) is 21.9 Å². The minimum Gasteiger partial charge on any atom is -0.402 e. The molecule has 0 aliphatic heterocycles. The number of benzene rings is 1. The predicted molar refractivity (Wildman–Crippen MR) is 64.4 cm³/mol. The number of hydrogen-bond acceptors (Lipinski definition) is 3. The first-order valence-corrected chi connectivity index (χ1v) is 5.76. The van der Waals surface area contributed by atoms with E-state index in [1.165, 1.54) is 0 Å². The number of rotatable bonds is 4. The van der Waals surface area contributed by atoms with Gasteiger partial charge in [0.15, 0.2) is 11.5 Å². The van der Waals surface area contributed by atoms with Gasteiger partial charge >= 0.3 is 6.36 Å². The van der Waals surface area contributed by atoms with Gasteiger partial charge in [0.05, 0.1) is 12.4 Å². The van der Waals surface area contributed by atoms with Crippen molar-refractivity contribution in [2.24, 2.45) is 0 Å². The molecule has 0 aliphatic carbocycles. The third-order valence-corrected chi connectivity index (χ3v) is 2.65. The molecule has 0 saturated heterocycles. The van der Waals surface area contributed by atoms with Crippen LogP contribution in [0.1, 0.15) is 23.3 Å². The van der Waals surface area contributed by atoms with Crippen molar-refractivity contribution >= 4 is 5.78 Å². The molecular formula is C13H11F3N2O2. The van der Waals surface area contributed by atoms with E-state index in [2.05, 4.69) is 9.84 Å². The summed E-state index contributed by atoms with van der Waals surface area (Å²) in [5.41, 5.74) is 0.466. The average molecular weight is 284 g/mol. The highest BCUT2D eigenvalue weighted by atomic mass is 19.4. The normalized spacial score (nSPS) is 13.0. The third-order valence-electron chi connectivity index (χ3n) is 2.65. The lowest BCUT2D eigenvalue weighted by Crippen LogP contribution is -2.18. The molecule has 0 aliphatic rings. The van der Waals surface area contributed by atoms with E-state index >= 15 is 0 Å². The number of hydrogen-bond donors (Lipinski definition) is 0. The van der Waals surface area contributed by atoms with Crippen molar-refractivity contribution in [3.8, 4) is 5.75 Å². The Bertz CT molecular complexity index is 593. The number of nitrogens with zero attached hydrogens (tertiary/aromatic N) is 2. The highest BCUT2D eigenvalue weighted by Crippen LogP contribution is 2.23. The van der Waals surface area contributed by atoms with Gasteiger partial charge in [-0.3, -0.25) is 9.48 Å². The van der Waals surface area contributed by atoms with Gasteiger partial charge < -0.3 is 4.74 Å². The number of carbonyl (C=O) groups excluding carboxylic acids is 1. The van der Waals surface area contributed by atoms with Crippen LogP contribution in [0.4, 0.5) is 13.2 Å². The molecular weight excluding hydrogens is 273 g/mol. The molecule has 0 amide bonds. The summed E-state index contributed by atoms with van der Waals surface area (Å²) in [4.78, 5) is 12.1. The lowest BCUT2D eigenvalue weighted by molar-refractivity contribution is -0.274. The maximum Gasteiger partial charge on any atom is 0.573 e. The summed E-state index contributed by atoms with van der Waals surface area (Å²) in [6, 6.07) is 7.74. The van der Waals surface area contributed by atoms with E-state index in [4.69, 9.17) is 0 Å². The summed E-state index contributed by atoms with van der Waals surface area (Å²) >= 11 is 0. The molecule has 1 heterocycles. The molecule has 1 aromatic carbocycles. The lowest BCUT2D eigenvalue weighted by atomic mass is 10.1. The summed E-state index contributed by atoms with van der Waals surface area (Å²) in [5.74, 6) is -0.697. The van der Waals surface area contributed by atoms with Gasteiger partial charge in [0.2, 0.25) is 0 Å². The van der Waals surface area contributed by atoms with Crippen LogP contribution >= 0.6 is 0 Å². The topological polar surface area (TPSA) is 44.1 Å². The number of halogens is 3. The van der Waals surface area contributed by atoms with Gasteiger partial charge in [0, 0.05) is 5.56 Å². The van der Waals surface area contributed by atoms with E-state index in [0.29, 0.717) is 5.56 Å². The van der Waals surface area contributed by atoms with Crippen LogP contribution in [0.2, 0.25) is 0 Å². The minimum absolute atomic E-state index is 0.243. The van der Waals surface area contributed by atoms with Crippen molar-refractivity contribution in [2.45, 2.75) is 19.3 Å². The van der Waals surface area contributed by atoms with Crippen molar-refractivity contribution in [1.82, 2.24) is 9.78 Å². The molecule has 1 aromatic heterocycles. The standard InChI is InChI=1S/C13H11F3N2O2/c1-9(12(19)10-5-3-2-4-6-10)18-8-11(7-17-18)20-13(14,15)16/h2-9H,1H3. The Morgan fingerprint density at radius 2 is 1.95 bits per heavy atom. The van der Waals surface area contributed by atoms with E-state index in [0.717, 1.165) is 17.1 Å². The molecule has 0 fully saturated rings. The second kappa shape index (κ2) is 5.36. The Morgan fingerprint density at radius 1 is 1.30 bits per heavy atom. The monoisotopic (exact) mass is 284 g/mol. The summed E-state index contributed by atoms with van der Waals surface area (Å²) in [6.07, 6.45) is -2.82. The smallest absolute Gasteiger partial charge is 0.402 e. The third kappa shape index (κ3) is 3.37. The van der Waals surface area contributed by atoms with Crippen molar-refractivity contribution in [2.75, 3.05) is 0 Å². The molecule has 0 N–H and O–H groups in total. The molecule has 0 spiro atoms. The molecule has 2 rings (SSSR count). The average Bonchev–Trinajstić information content (AvgIpc) is 2.84. The van der Waals surface area contributed by atoms with Crippen LogP contribution in [0.5, 0.6) is 5.75 Å². The van der Waals surface area contributed by atoms with Crippen LogP contribution in [0.25, 0.3) is 0 Å². The van der Waals surface area contributed by atoms with E-state index in [1.54, 1.807) is 37.3 Å². The Labute approximate surface area is 112 Å². The van der Waals surface area contributed by atoms with Gasteiger partial charge in [-0.05, 0) is 6.92 Å².